The van der Waals surface area contributed by atoms with E-state index in [1.165, 1.54) is 11.2 Å². The maximum Gasteiger partial charge on any atom is 0.307 e. The average Bonchev–Trinajstić information content (AvgIpc) is 3.31. The molecule has 1 aliphatic heterocycles. The van der Waals surface area contributed by atoms with Crippen molar-refractivity contribution in [3.8, 4) is 0 Å². The molecule has 0 radical (unpaired) electrons. The van der Waals surface area contributed by atoms with Gasteiger partial charge in [0.2, 0.25) is 10.0 Å². The van der Waals surface area contributed by atoms with Crippen LogP contribution in [0, 0.1) is 24.2 Å². The fraction of sp³-hybridized carbons (Fsp3) is 0.522. The van der Waals surface area contributed by atoms with Crippen molar-refractivity contribution >= 4 is 16.0 Å². The molecule has 156 valence electrons. The van der Waals surface area contributed by atoms with Gasteiger partial charge in [0, 0.05) is 31.3 Å². The standard InChI is InChI=1S/C23H29NO4S/c1-16-6-10-20(11-7-16)29(26,27)24-14-19-9-8-17(2)23(12-4-5-13-23)22(21(19)15-24)28-18(3)25/h6-11,17,19H,4-5,12-15H2,1-3H3/t17-,19-/m1/s1. The Morgan fingerprint density at radius 1 is 1.14 bits per heavy atom. The molecule has 5 nitrogen and oxygen atoms in total. The zero-order chi connectivity index (χ0) is 20.8. The maximum absolute atomic E-state index is 13.3. The number of rotatable bonds is 3. The molecule has 4 rings (SSSR count). The smallest absolute Gasteiger partial charge is 0.307 e. The van der Waals surface area contributed by atoms with E-state index >= 15 is 0 Å². The fourth-order valence-electron chi connectivity index (χ4n) is 5.17. The highest BCUT2D eigenvalue weighted by Crippen LogP contribution is 2.54. The number of hydrogen-bond donors (Lipinski definition) is 0. The zero-order valence-corrected chi connectivity index (χ0v) is 18.2. The van der Waals surface area contributed by atoms with Gasteiger partial charge in [-0.05, 0) is 43.4 Å². The van der Waals surface area contributed by atoms with Gasteiger partial charge in [0.15, 0.2) is 0 Å². The first kappa shape index (κ1) is 20.4. The van der Waals surface area contributed by atoms with E-state index in [2.05, 4.69) is 19.1 Å². The first-order chi connectivity index (χ1) is 13.7. The molecule has 1 heterocycles. The van der Waals surface area contributed by atoms with Gasteiger partial charge in [0.05, 0.1) is 4.90 Å². The summed E-state index contributed by atoms with van der Waals surface area (Å²) < 4.78 is 33.9. The van der Waals surface area contributed by atoms with Crippen LogP contribution in [-0.2, 0) is 19.6 Å². The van der Waals surface area contributed by atoms with Crippen LogP contribution in [0.2, 0.25) is 0 Å². The van der Waals surface area contributed by atoms with Gasteiger partial charge in [-0.3, -0.25) is 4.79 Å². The molecule has 3 aliphatic rings. The van der Waals surface area contributed by atoms with Gasteiger partial charge in [-0.1, -0.05) is 49.6 Å². The third-order valence-corrected chi connectivity index (χ3v) is 8.67. The second kappa shape index (κ2) is 7.40. The minimum atomic E-state index is -3.60. The van der Waals surface area contributed by atoms with Crippen molar-refractivity contribution in [2.24, 2.45) is 17.3 Å². The topological polar surface area (TPSA) is 63.7 Å². The number of hydrogen-bond acceptors (Lipinski definition) is 4. The number of benzene rings is 1. The Morgan fingerprint density at radius 2 is 1.79 bits per heavy atom. The Labute approximate surface area is 173 Å². The quantitative estimate of drug-likeness (QED) is 0.548. The normalized spacial score (nSPS) is 26.6. The number of esters is 1. The third kappa shape index (κ3) is 3.46. The zero-order valence-electron chi connectivity index (χ0n) is 17.3. The summed E-state index contributed by atoms with van der Waals surface area (Å²) in [4.78, 5) is 12.3. The Kier molecular flexibility index (Phi) is 5.20. The Morgan fingerprint density at radius 3 is 2.41 bits per heavy atom. The van der Waals surface area contributed by atoms with Crippen LogP contribution >= 0.6 is 0 Å². The minimum absolute atomic E-state index is 0.0491. The summed E-state index contributed by atoms with van der Waals surface area (Å²) >= 11 is 0. The highest BCUT2D eigenvalue weighted by Gasteiger charge is 2.49. The molecule has 1 saturated heterocycles. The van der Waals surface area contributed by atoms with Gasteiger partial charge >= 0.3 is 5.97 Å². The summed E-state index contributed by atoms with van der Waals surface area (Å²) in [7, 11) is -3.60. The summed E-state index contributed by atoms with van der Waals surface area (Å²) in [5.74, 6) is 0.629. The number of aryl methyl sites for hydroxylation is 1. The van der Waals surface area contributed by atoms with E-state index in [1.54, 1.807) is 12.1 Å². The molecule has 29 heavy (non-hydrogen) atoms. The van der Waals surface area contributed by atoms with Crippen LogP contribution in [0.4, 0.5) is 0 Å². The van der Waals surface area contributed by atoms with Crippen molar-refractivity contribution in [1.29, 1.82) is 0 Å². The number of carbonyl (C=O) groups excluding carboxylic acids is 1. The molecule has 1 spiro atoms. The van der Waals surface area contributed by atoms with Crippen molar-refractivity contribution in [3.63, 3.8) is 0 Å². The van der Waals surface area contributed by atoms with Crippen LogP contribution < -0.4 is 0 Å². The number of sulfonamides is 1. The van der Waals surface area contributed by atoms with E-state index in [9.17, 15) is 13.2 Å². The largest absolute Gasteiger partial charge is 0.431 e. The van der Waals surface area contributed by atoms with Crippen LogP contribution in [0.3, 0.4) is 0 Å². The molecule has 1 aromatic carbocycles. The monoisotopic (exact) mass is 415 g/mol. The van der Waals surface area contributed by atoms with Crippen molar-refractivity contribution in [3.05, 3.63) is 53.3 Å². The molecule has 1 saturated carbocycles. The van der Waals surface area contributed by atoms with Gasteiger partial charge in [0.1, 0.15) is 5.76 Å². The number of fused-ring (bicyclic) bond motifs is 1. The molecule has 0 N–H and O–H groups in total. The van der Waals surface area contributed by atoms with Crippen molar-refractivity contribution in [2.45, 2.75) is 51.3 Å². The average molecular weight is 416 g/mol. The van der Waals surface area contributed by atoms with Crippen molar-refractivity contribution in [2.75, 3.05) is 13.1 Å². The maximum atomic E-state index is 13.3. The summed E-state index contributed by atoms with van der Waals surface area (Å²) in [6, 6.07) is 6.96. The van der Waals surface area contributed by atoms with E-state index in [-0.39, 0.29) is 29.8 Å². The molecule has 0 unspecified atom stereocenters. The van der Waals surface area contributed by atoms with E-state index in [1.807, 2.05) is 19.1 Å². The number of allylic oxidation sites excluding steroid dienone is 2. The third-order valence-electron chi connectivity index (χ3n) is 6.84. The van der Waals surface area contributed by atoms with Gasteiger partial charge in [-0.25, -0.2) is 8.42 Å². The summed E-state index contributed by atoms with van der Waals surface area (Å²) in [6.07, 6.45) is 8.48. The van der Waals surface area contributed by atoms with Crippen LogP contribution in [0.25, 0.3) is 0 Å². The molecule has 6 heteroatoms. The van der Waals surface area contributed by atoms with Gasteiger partial charge in [0.25, 0.3) is 0 Å². The van der Waals surface area contributed by atoms with Crippen LogP contribution in [0.15, 0.2) is 52.6 Å². The molecular weight excluding hydrogens is 386 g/mol. The lowest BCUT2D eigenvalue weighted by molar-refractivity contribution is -0.139. The second-order valence-corrected chi connectivity index (χ2v) is 10.6. The fourth-order valence-corrected chi connectivity index (χ4v) is 6.62. The van der Waals surface area contributed by atoms with Gasteiger partial charge in [-0.15, -0.1) is 0 Å². The molecule has 1 aromatic rings. The predicted octanol–water partition coefficient (Wildman–Crippen LogP) is 4.20. The molecular formula is C23H29NO4S. The van der Waals surface area contributed by atoms with E-state index in [0.29, 0.717) is 11.4 Å². The molecule has 0 bridgehead atoms. The number of ether oxygens (including phenoxy) is 1. The van der Waals surface area contributed by atoms with E-state index < -0.39 is 10.0 Å². The van der Waals surface area contributed by atoms with Gasteiger partial charge in [-0.2, -0.15) is 4.31 Å². The second-order valence-electron chi connectivity index (χ2n) is 8.70. The lowest BCUT2D eigenvalue weighted by Gasteiger charge is -2.35. The van der Waals surface area contributed by atoms with Gasteiger partial charge < -0.3 is 4.74 Å². The predicted molar refractivity (Wildman–Crippen MR) is 111 cm³/mol. The van der Waals surface area contributed by atoms with E-state index in [4.69, 9.17) is 4.74 Å². The highest BCUT2D eigenvalue weighted by atomic mass is 32.2. The van der Waals surface area contributed by atoms with Crippen LogP contribution in [-0.4, -0.2) is 31.8 Å². The summed E-state index contributed by atoms with van der Waals surface area (Å²) in [5, 5.41) is 0. The number of carbonyl (C=O) groups is 1. The summed E-state index contributed by atoms with van der Waals surface area (Å²) in [6.45, 7) is 6.23. The Balaban J connectivity index is 1.76. The minimum Gasteiger partial charge on any atom is -0.431 e. The van der Waals surface area contributed by atoms with Crippen molar-refractivity contribution in [1.82, 2.24) is 4.31 Å². The van der Waals surface area contributed by atoms with E-state index in [0.717, 1.165) is 42.6 Å². The van der Waals surface area contributed by atoms with Crippen LogP contribution in [0.1, 0.15) is 45.1 Å². The van der Waals surface area contributed by atoms with Crippen LogP contribution in [0.5, 0.6) is 0 Å². The Hall–Kier alpha value is -1.92. The number of nitrogens with zero attached hydrogens (tertiary/aromatic N) is 1. The highest BCUT2D eigenvalue weighted by molar-refractivity contribution is 7.89. The van der Waals surface area contributed by atoms with Crippen molar-refractivity contribution < 1.29 is 17.9 Å². The SMILES string of the molecule is CC(=O)OC1=C2CN(S(=O)(=O)c3ccc(C)cc3)C[C@H]2C=C[C@@H](C)C12CCCC2. The molecule has 2 fully saturated rings. The molecule has 0 amide bonds. The molecule has 2 atom stereocenters. The lowest BCUT2D eigenvalue weighted by Crippen LogP contribution is -2.32. The first-order valence-electron chi connectivity index (χ1n) is 10.4. The first-order valence-corrected chi connectivity index (χ1v) is 11.8. The summed E-state index contributed by atoms with van der Waals surface area (Å²) in [5.41, 5.74) is 1.78. The molecule has 2 aliphatic carbocycles. The molecule has 0 aromatic heterocycles. The lowest BCUT2D eigenvalue weighted by atomic mass is 9.72. The Bertz CT molecular complexity index is 969.